The minimum absolute atomic E-state index is 0.104. The van der Waals surface area contributed by atoms with Crippen molar-refractivity contribution in [2.45, 2.75) is 12.5 Å². The number of nitrogens with one attached hydrogen (secondary N) is 1. The lowest BCUT2D eigenvalue weighted by Crippen LogP contribution is -2.37. The van der Waals surface area contributed by atoms with Crippen molar-refractivity contribution in [2.75, 3.05) is 0 Å². The number of carbonyl (C=O) groups is 2. The largest absolute Gasteiger partial charge is 0.478 e. The number of aliphatic carboxylic acids is 1. The summed E-state index contributed by atoms with van der Waals surface area (Å²) in [5.41, 5.74) is -0.180. The molecule has 19 heavy (non-hydrogen) atoms. The SMILES string of the molecule is CC1(c2cc(C(=O)O)ccn2)C=C(C(=O)O)C=CN1. The average molecular weight is 260 g/mol. The van der Waals surface area contributed by atoms with Crippen LogP contribution in [0.2, 0.25) is 0 Å². The molecule has 0 aromatic carbocycles. The number of pyridine rings is 1. The Bertz CT molecular complexity index is 606. The van der Waals surface area contributed by atoms with Crippen LogP contribution >= 0.6 is 0 Å². The number of aromatic nitrogens is 1. The van der Waals surface area contributed by atoms with E-state index in [4.69, 9.17) is 10.2 Å². The summed E-state index contributed by atoms with van der Waals surface area (Å²) in [5, 5.41) is 20.9. The van der Waals surface area contributed by atoms with Gasteiger partial charge in [-0.3, -0.25) is 4.98 Å². The molecule has 1 unspecified atom stereocenters. The molecule has 0 amide bonds. The van der Waals surface area contributed by atoms with Crippen LogP contribution in [0, 0.1) is 0 Å². The van der Waals surface area contributed by atoms with E-state index in [0.29, 0.717) is 5.69 Å². The zero-order chi connectivity index (χ0) is 14.0. The van der Waals surface area contributed by atoms with Crippen molar-refractivity contribution < 1.29 is 19.8 Å². The van der Waals surface area contributed by atoms with Crippen LogP contribution in [0.15, 0.2) is 42.3 Å². The maximum absolute atomic E-state index is 11.0. The van der Waals surface area contributed by atoms with E-state index in [0.717, 1.165) is 0 Å². The number of carboxylic acids is 2. The van der Waals surface area contributed by atoms with E-state index in [2.05, 4.69) is 10.3 Å². The highest BCUT2D eigenvalue weighted by molar-refractivity contribution is 5.90. The van der Waals surface area contributed by atoms with Crippen molar-refractivity contribution in [3.8, 4) is 0 Å². The molecule has 0 fully saturated rings. The summed E-state index contributed by atoms with van der Waals surface area (Å²) in [7, 11) is 0. The number of carboxylic acid groups (broad SMARTS) is 2. The molecule has 0 saturated carbocycles. The van der Waals surface area contributed by atoms with E-state index in [9.17, 15) is 9.59 Å². The van der Waals surface area contributed by atoms with Gasteiger partial charge in [0.25, 0.3) is 0 Å². The van der Waals surface area contributed by atoms with Gasteiger partial charge < -0.3 is 15.5 Å². The Morgan fingerprint density at radius 2 is 2.05 bits per heavy atom. The van der Waals surface area contributed by atoms with E-state index < -0.39 is 17.5 Å². The van der Waals surface area contributed by atoms with Gasteiger partial charge in [-0.1, -0.05) is 0 Å². The fourth-order valence-electron chi connectivity index (χ4n) is 1.83. The topological polar surface area (TPSA) is 99.5 Å². The minimum Gasteiger partial charge on any atom is -0.478 e. The molecule has 1 aliphatic heterocycles. The Kier molecular flexibility index (Phi) is 3.08. The van der Waals surface area contributed by atoms with Crippen LogP contribution in [0.4, 0.5) is 0 Å². The van der Waals surface area contributed by atoms with Crippen LogP contribution < -0.4 is 5.32 Å². The van der Waals surface area contributed by atoms with Crippen LogP contribution in [-0.2, 0) is 10.3 Å². The van der Waals surface area contributed by atoms with Crippen LogP contribution in [0.25, 0.3) is 0 Å². The molecule has 1 aromatic rings. The fourth-order valence-corrected chi connectivity index (χ4v) is 1.83. The predicted octanol–water partition coefficient (Wildman–Crippen LogP) is 1.12. The van der Waals surface area contributed by atoms with Crippen molar-refractivity contribution in [1.82, 2.24) is 10.3 Å². The van der Waals surface area contributed by atoms with Gasteiger partial charge in [0.2, 0.25) is 0 Å². The van der Waals surface area contributed by atoms with Crippen molar-refractivity contribution in [2.24, 2.45) is 0 Å². The number of dihydropyridines is 1. The van der Waals surface area contributed by atoms with E-state index in [-0.39, 0.29) is 11.1 Å². The minimum atomic E-state index is -1.05. The molecule has 2 heterocycles. The lowest BCUT2D eigenvalue weighted by Gasteiger charge is -2.29. The summed E-state index contributed by atoms with van der Waals surface area (Å²) in [6, 6.07) is 2.81. The molecule has 1 aliphatic rings. The second-order valence-electron chi connectivity index (χ2n) is 4.32. The predicted molar refractivity (Wildman–Crippen MR) is 66.5 cm³/mol. The molecule has 98 valence electrons. The number of rotatable bonds is 3. The Hall–Kier alpha value is -2.63. The highest BCUT2D eigenvalue weighted by Gasteiger charge is 2.29. The average Bonchev–Trinajstić information content (AvgIpc) is 2.39. The van der Waals surface area contributed by atoms with Gasteiger partial charge in [-0.25, -0.2) is 9.59 Å². The third-order valence-corrected chi connectivity index (χ3v) is 2.88. The molecular formula is C13H12N2O4. The summed E-state index contributed by atoms with van der Waals surface area (Å²) in [5.74, 6) is -2.10. The summed E-state index contributed by atoms with van der Waals surface area (Å²) in [6.45, 7) is 1.73. The third kappa shape index (κ3) is 2.47. The first-order valence-electron chi connectivity index (χ1n) is 5.52. The van der Waals surface area contributed by atoms with E-state index in [1.807, 2.05) is 0 Å². The molecule has 6 heteroatoms. The molecule has 0 bridgehead atoms. The van der Waals surface area contributed by atoms with Crippen LogP contribution in [0.5, 0.6) is 0 Å². The smallest absolute Gasteiger partial charge is 0.335 e. The number of aromatic carboxylic acids is 1. The summed E-state index contributed by atoms with van der Waals surface area (Å²) in [6.07, 6.45) is 5.84. The van der Waals surface area contributed by atoms with Gasteiger partial charge in [0.15, 0.2) is 0 Å². The molecule has 1 atom stereocenters. The normalized spacial score (nSPS) is 21.4. The number of hydrogen-bond donors (Lipinski definition) is 3. The molecule has 2 rings (SSSR count). The van der Waals surface area contributed by atoms with Gasteiger partial charge >= 0.3 is 11.9 Å². The molecule has 1 aromatic heterocycles. The lowest BCUT2D eigenvalue weighted by molar-refractivity contribution is -0.132. The summed E-state index contributed by atoms with van der Waals surface area (Å²) >= 11 is 0. The van der Waals surface area contributed by atoms with E-state index >= 15 is 0 Å². The van der Waals surface area contributed by atoms with E-state index in [1.54, 1.807) is 6.92 Å². The highest BCUT2D eigenvalue weighted by atomic mass is 16.4. The van der Waals surface area contributed by atoms with Crippen molar-refractivity contribution >= 4 is 11.9 Å². The Labute approximate surface area is 109 Å². The number of nitrogens with zero attached hydrogens (tertiary/aromatic N) is 1. The first-order chi connectivity index (χ1) is 8.92. The lowest BCUT2D eigenvalue weighted by atomic mass is 9.91. The molecule has 0 aliphatic carbocycles. The fraction of sp³-hybridized carbons (Fsp3) is 0.154. The van der Waals surface area contributed by atoms with Crippen molar-refractivity contribution in [3.63, 3.8) is 0 Å². The Morgan fingerprint density at radius 3 is 2.68 bits per heavy atom. The second-order valence-corrected chi connectivity index (χ2v) is 4.32. The van der Waals surface area contributed by atoms with Gasteiger partial charge in [0.05, 0.1) is 22.4 Å². The van der Waals surface area contributed by atoms with Crippen LogP contribution in [0.3, 0.4) is 0 Å². The van der Waals surface area contributed by atoms with Gasteiger partial charge in [-0.2, -0.15) is 0 Å². The van der Waals surface area contributed by atoms with Gasteiger partial charge in [-0.05, 0) is 37.4 Å². The third-order valence-electron chi connectivity index (χ3n) is 2.88. The monoisotopic (exact) mass is 260 g/mol. The number of hydrogen-bond acceptors (Lipinski definition) is 4. The van der Waals surface area contributed by atoms with Crippen LogP contribution in [0.1, 0.15) is 23.0 Å². The first kappa shape index (κ1) is 12.8. The molecule has 0 radical (unpaired) electrons. The first-order valence-corrected chi connectivity index (χ1v) is 5.52. The molecule has 0 spiro atoms. The molecule has 3 N–H and O–H groups in total. The Morgan fingerprint density at radius 1 is 1.32 bits per heavy atom. The zero-order valence-electron chi connectivity index (χ0n) is 10.1. The standard InChI is InChI=1S/C13H12N2O4/c1-13(7-9(12(18)19)3-5-15-13)10-6-8(11(16)17)2-4-14-10/h2-7,15H,1H3,(H,16,17)(H,18,19). The van der Waals surface area contributed by atoms with Gasteiger partial charge in [-0.15, -0.1) is 0 Å². The highest BCUT2D eigenvalue weighted by Crippen LogP contribution is 2.26. The van der Waals surface area contributed by atoms with Gasteiger partial charge in [0.1, 0.15) is 0 Å². The second kappa shape index (κ2) is 4.56. The zero-order valence-corrected chi connectivity index (χ0v) is 10.1. The Balaban J connectivity index is 2.46. The maximum atomic E-state index is 11.0. The van der Waals surface area contributed by atoms with E-state index in [1.165, 1.54) is 36.7 Å². The molecular weight excluding hydrogens is 248 g/mol. The molecule has 0 saturated heterocycles. The molecule has 6 nitrogen and oxygen atoms in total. The maximum Gasteiger partial charge on any atom is 0.335 e. The van der Waals surface area contributed by atoms with Gasteiger partial charge in [0, 0.05) is 6.20 Å². The summed E-state index contributed by atoms with van der Waals surface area (Å²) < 4.78 is 0. The van der Waals surface area contributed by atoms with Crippen LogP contribution in [-0.4, -0.2) is 27.1 Å². The van der Waals surface area contributed by atoms with Crippen molar-refractivity contribution in [3.05, 3.63) is 53.5 Å². The summed E-state index contributed by atoms with van der Waals surface area (Å²) in [4.78, 5) is 26.0. The quantitative estimate of drug-likeness (QED) is 0.753. The van der Waals surface area contributed by atoms with Crippen molar-refractivity contribution in [1.29, 1.82) is 0 Å².